The van der Waals surface area contributed by atoms with E-state index in [0.717, 1.165) is 22.9 Å². The Hall–Kier alpha value is -1.10. The molecule has 1 aliphatic carbocycles. The highest BCUT2D eigenvalue weighted by Crippen LogP contribution is 2.48. The Bertz CT molecular complexity index is 501. The van der Waals surface area contributed by atoms with E-state index < -0.39 is 11.7 Å². The van der Waals surface area contributed by atoms with Crippen LogP contribution in [0.2, 0.25) is 0 Å². The molecule has 0 radical (unpaired) electrons. The molecule has 1 amide bonds. The van der Waals surface area contributed by atoms with Crippen LogP contribution >= 0.6 is 15.9 Å². The average Bonchev–Trinajstić information content (AvgIpc) is 3.03. The maximum absolute atomic E-state index is 13.5. The van der Waals surface area contributed by atoms with Gasteiger partial charge >= 0.3 is 6.09 Å². The van der Waals surface area contributed by atoms with Crippen molar-refractivity contribution in [3.63, 3.8) is 0 Å². The van der Waals surface area contributed by atoms with Gasteiger partial charge in [-0.3, -0.25) is 0 Å². The first-order chi connectivity index (χ1) is 9.20. The van der Waals surface area contributed by atoms with Crippen LogP contribution in [0.15, 0.2) is 22.7 Å². The molecular formula is C15H19BrFNO2. The predicted molar refractivity (Wildman–Crippen MR) is 79.2 cm³/mol. The van der Waals surface area contributed by atoms with Gasteiger partial charge in [0.1, 0.15) is 11.4 Å². The van der Waals surface area contributed by atoms with Gasteiger partial charge in [0.15, 0.2) is 0 Å². The summed E-state index contributed by atoms with van der Waals surface area (Å²) >= 11 is 3.30. The third-order valence-electron chi connectivity index (χ3n) is 3.30. The van der Waals surface area contributed by atoms with E-state index in [-0.39, 0.29) is 11.2 Å². The molecule has 1 fully saturated rings. The molecule has 0 saturated heterocycles. The molecule has 0 bridgehead atoms. The number of ether oxygens (including phenoxy) is 1. The van der Waals surface area contributed by atoms with Gasteiger partial charge in [-0.15, -0.1) is 0 Å². The number of halogens is 2. The topological polar surface area (TPSA) is 38.3 Å². The van der Waals surface area contributed by atoms with Crippen molar-refractivity contribution in [1.29, 1.82) is 0 Å². The molecule has 110 valence electrons. The van der Waals surface area contributed by atoms with E-state index >= 15 is 0 Å². The van der Waals surface area contributed by atoms with Crippen molar-refractivity contribution in [3.05, 3.63) is 34.1 Å². The fourth-order valence-corrected chi connectivity index (χ4v) is 2.60. The fraction of sp³-hybridized carbons (Fsp3) is 0.533. The summed E-state index contributed by atoms with van der Waals surface area (Å²) < 4.78 is 19.4. The van der Waals surface area contributed by atoms with Crippen LogP contribution in [-0.4, -0.2) is 18.2 Å². The third kappa shape index (κ3) is 3.95. The summed E-state index contributed by atoms with van der Waals surface area (Å²) in [5, 5.41) is 2.78. The SMILES string of the molecule is CC(C)(C)OC(=O)NCC1(c2cc(F)cc(Br)c2)CC1. The van der Waals surface area contributed by atoms with Gasteiger partial charge in [0.05, 0.1) is 0 Å². The molecule has 0 aromatic heterocycles. The predicted octanol–water partition coefficient (Wildman–Crippen LogP) is 4.14. The first-order valence-electron chi connectivity index (χ1n) is 6.64. The van der Waals surface area contributed by atoms with E-state index in [9.17, 15) is 9.18 Å². The fourth-order valence-electron chi connectivity index (χ4n) is 2.13. The molecular weight excluding hydrogens is 325 g/mol. The van der Waals surface area contributed by atoms with Crippen molar-refractivity contribution in [1.82, 2.24) is 5.32 Å². The minimum absolute atomic E-state index is 0.151. The number of hydrogen-bond donors (Lipinski definition) is 1. The Morgan fingerprint density at radius 3 is 2.55 bits per heavy atom. The van der Waals surface area contributed by atoms with Crippen molar-refractivity contribution in [2.45, 2.75) is 44.6 Å². The lowest BCUT2D eigenvalue weighted by atomic mass is 9.96. The Labute approximate surface area is 127 Å². The highest BCUT2D eigenvalue weighted by molar-refractivity contribution is 9.10. The quantitative estimate of drug-likeness (QED) is 0.895. The van der Waals surface area contributed by atoms with Crippen molar-refractivity contribution >= 4 is 22.0 Å². The molecule has 0 spiro atoms. The van der Waals surface area contributed by atoms with Crippen molar-refractivity contribution < 1.29 is 13.9 Å². The van der Waals surface area contributed by atoms with Gasteiger partial charge in [0.2, 0.25) is 0 Å². The number of rotatable bonds is 3. The zero-order valence-electron chi connectivity index (χ0n) is 11.9. The lowest BCUT2D eigenvalue weighted by Crippen LogP contribution is -2.37. The van der Waals surface area contributed by atoms with Gasteiger partial charge in [-0.2, -0.15) is 0 Å². The van der Waals surface area contributed by atoms with Crippen molar-refractivity contribution in [2.75, 3.05) is 6.54 Å². The molecule has 1 saturated carbocycles. The number of carbonyl (C=O) groups is 1. The minimum Gasteiger partial charge on any atom is -0.444 e. The van der Waals surface area contributed by atoms with Gasteiger partial charge in [-0.25, -0.2) is 9.18 Å². The number of carbonyl (C=O) groups excluding carboxylic acids is 1. The Balaban J connectivity index is 2.00. The second-order valence-corrected chi connectivity index (χ2v) is 7.21. The normalized spacial score (nSPS) is 16.6. The molecule has 2 rings (SSSR count). The maximum atomic E-state index is 13.5. The first kappa shape index (κ1) is 15.3. The largest absolute Gasteiger partial charge is 0.444 e. The summed E-state index contributed by atoms with van der Waals surface area (Å²) in [5.41, 5.74) is 0.255. The molecule has 1 aromatic carbocycles. The van der Waals surface area contributed by atoms with Crippen LogP contribution in [0, 0.1) is 5.82 Å². The van der Waals surface area contributed by atoms with Crippen molar-refractivity contribution in [3.8, 4) is 0 Å². The molecule has 0 heterocycles. The minimum atomic E-state index is -0.511. The van der Waals surface area contributed by atoms with E-state index in [1.807, 2.05) is 26.8 Å². The third-order valence-corrected chi connectivity index (χ3v) is 3.76. The number of amides is 1. The highest BCUT2D eigenvalue weighted by atomic mass is 79.9. The van der Waals surface area contributed by atoms with Crippen LogP contribution in [0.1, 0.15) is 39.2 Å². The van der Waals surface area contributed by atoms with E-state index in [0.29, 0.717) is 6.54 Å². The maximum Gasteiger partial charge on any atom is 0.407 e. The zero-order valence-corrected chi connectivity index (χ0v) is 13.5. The number of alkyl carbamates (subject to hydrolysis) is 1. The summed E-state index contributed by atoms with van der Waals surface area (Å²) in [5.74, 6) is -0.266. The Kier molecular flexibility index (Phi) is 4.09. The van der Waals surface area contributed by atoms with Crippen LogP contribution in [0.3, 0.4) is 0 Å². The monoisotopic (exact) mass is 343 g/mol. The number of benzene rings is 1. The van der Waals surface area contributed by atoms with Gasteiger partial charge in [-0.1, -0.05) is 15.9 Å². The van der Waals surface area contributed by atoms with E-state index in [2.05, 4.69) is 21.2 Å². The molecule has 1 aliphatic rings. The lowest BCUT2D eigenvalue weighted by Gasteiger charge is -2.22. The van der Waals surface area contributed by atoms with Gasteiger partial charge < -0.3 is 10.1 Å². The van der Waals surface area contributed by atoms with E-state index in [1.54, 1.807) is 0 Å². The van der Waals surface area contributed by atoms with E-state index in [4.69, 9.17) is 4.74 Å². The van der Waals surface area contributed by atoms with Gasteiger partial charge in [-0.05, 0) is 57.4 Å². The van der Waals surface area contributed by atoms with Crippen molar-refractivity contribution in [2.24, 2.45) is 0 Å². The van der Waals surface area contributed by atoms with Crippen LogP contribution in [0.5, 0.6) is 0 Å². The molecule has 0 aliphatic heterocycles. The van der Waals surface area contributed by atoms with Gasteiger partial charge in [0.25, 0.3) is 0 Å². The molecule has 0 unspecified atom stereocenters. The van der Waals surface area contributed by atoms with Crippen LogP contribution < -0.4 is 5.32 Å². The Morgan fingerprint density at radius 1 is 1.40 bits per heavy atom. The summed E-state index contributed by atoms with van der Waals surface area (Å²) in [7, 11) is 0. The molecule has 0 atom stereocenters. The summed E-state index contributed by atoms with van der Waals surface area (Å²) in [6, 6.07) is 4.88. The highest BCUT2D eigenvalue weighted by Gasteiger charge is 2.45. The Morgan fingerprint density at radius 2 is 2.05 bits per heavy atom. The number of nitrogens with one attached hydrogen (secondary N) is 1. The molecule has 20 heavy (non-hydrogen) atoms. The number of hydrogen-bond acceptors (Lipinski definition) is 2. The molecule has 1 N–H and O–H groups in total. The smallest absolute Gasteiger partial charge is 0.407 e. The summed E-state index contributed by atoms with van der Waals surface area (Å²) in [4.78, 5) is 11.7. The lowest BCUT2D eigenvalue weighted by molar-refractivity contribution is 0.0522. The molecule has 5 heteroatoms. The zero-order chi connectivity index (χ0) is 15.0. The van der Waals surface area contributed by atoms with E-state index in [1.165, 1.54) is 12.1 Å². The summed E-state index contributed by atoms with van der Waals surface area (Å²) in [6.45, 7) is 5.94. The standard InChI is InChI=1S/C15H19BrFNO2/c1-14(2,3)20-13(19)18-9-15(4-5-15)10-6-11(16)8-12(17)7-10/h6-8H,4-5,9H2,1-3H3,(H,18,19). The molecule has 1 aromatic rings. The van der Waals surface area contributed by atoms with Gasteiger partial charge in [0, 0.05) is 16.4 Å². The first-order valence-corrected chi connectivity index (χ1v) is 7.43. The molecule has 3 nitrogen and oxygen atoms in total. The second-order valence-electron chi connectivity index (χ2n) is 6.29. The van der Waals surface area contributed by atoms with Crippen LogP contribution in [0.25, 0.3) is 0 Å². The van der Waals surface area contributed by atoms with Crippen LogP contribution in [-0.2, 0) is 10.2 Å². The summed E-state index contributed by atoms with van der Waals surface area (Å²) in [6.07, 6.45) is 1.46. The average molecular weight is 344 g/mol. The second kappa shape index (κ2) is 5.35. The van der Waals surface area contributed by atoms with Crippen LogP contribution in [0.4, 0.5) is 9.18 Å².